The SMILES string of the molecule is CCOCCCN(CCC(=O)OC)C(=O)c1cncc(Br)c1. The van der Waals surface area contributed by atoms with E-state index >= 15 is 0 Å². The van der Waals surface area contributed by atoms with Crippen molar-refractivity contribution in [3.8, 4) is 0 Å². The van der Waals surface area contributed by atoms with E-state index < -0.39 is 0 Å². The number of aromatic nitrogens is 1. The Morgan fingerprint density at radius 1 is 1.32 bits per heavy atom. The Balaban J connectivity index is 2.69. The van der Waals surface area contributed by atoms with E-state index in [-0.39, 0.29) is 18.3 Å². The van der Waals surface area contributed by atoms with Crippen LogP contribution in [0.3, 0.4) is 0 Å². The maximum atomic E-state index is 12.5. The Bertz CT molecular complexity index is 496. The molecule has 0 N–H and O–H groups in total. The molecule has 0 spiro atoms. The molecule has 0 saturated carbocycles. The van der Waals surface area contributed by atoms with Crippen LogP contribution in [0.4, 0.5) is 0 Å². The molecule has 0 bridgehead atoms. The number of rotatable bonds is 9. The summed E-state index contributed by atoms with van der Waals surface area (Å²) in [6, 6.07) is 1.71. The first-order valence-electron chi connectivity index (χ1n) is 7.12. The molecule has 1 aromatic rings. The molecule has 0 aliphatic rings. The van der Waals surface area contributed by atoms with Crippen LogP contribution in [0, 0.1) is 0 Å². The van der Waals surface area contributed by atoms with Gasteiger partial charge >= 0.3 is 5.97 Å². The van der Waals surface area contributed by atoms with Gasteiger partial charge in [0.25, 0.3) is 5.91 Å². The molecule has 1 amide bonds. The summed E-state index contributed by atoms with van der Waals surface area (Å²) in [6.07, 6.45) is 4.01. The topological polar surface area (TPSA) is 68.7 Å². The van der Waals surface area contributed by atoms with Crippen LogP contribution in [0.15, 0.2) is 22.9 Å². The predicted octanol–water partition coefficient (Wildman–Crippen LogP) is 2.28. The standard InChI is InChI=1S/C15H21BrN2O4/c1-3-22-8-4-6-18(7-5-14(19)21-2)15(20)12-9-13(16)11-17-10-12/h9-11H,3-8H2,1-2H3. The van der Waals surface area contributed by atoms with Crippen molar-refractivity contribution in [3.05, 3.63) is 28.5 Å². The average molecular weight is 373 g/mol. The van der Waals surface area contributed by atoms with Crippen molar-refractivity contribution in [2.75, 3.05) is 33.4 Å². The van der Waals surface area contributed by atoms with E-state index in [0.29, 0.717) is 38.3 Å². The Hall–Kier alpha value is -1.47. The van der Waals surface area contributed by atoms with Gasteiger partial charge in [0.15, 0.2) is 0 Å². The molecule has 22 heavy (non-hydrogen) atoms. The van der Waals surface area contributed by atoms with Gasteiger partial charge in [-0.3, -0.25) is 14.6 Å². The fourth-order valence-corrected chi connectivity index (χ4v) is 2.22. The fraction of sp³-hybridized carbons (Fsp3) is 0.533. The van der Waals surface area contributed by atoms with Crippen molar-refractivity contribution in [2.45, 2.75) is 19.8 Å². The van der Waals surface area contributed by atoms with Crippen molar-refractivity contribution in [1.29, 1.82) is 0 Å². The molecular formula is C15H21BrN2O4. The molecular weight excluding hydrogens is 352 g/mol. The van der Waals surface area contributed by atoms with Gasteiger partial charge < -0.3 is 14.4 Å². The highest BCUT2D eigenvalue weighted by Gasteiger charge is 2.17. The van der Waals surface area contributed by atoms with Gasteiger partial charge in [-0.25, -0.2) is 0 Å². The van der Waals surface area contributed by atoms with Crippen molar-refractivity contribution in [3.63, 3.8) is 0 Å². The summed E-state index contributed by atoms with van der Waals surface area (Å²) >= 11 is 3.30. The highest BCUT2D eigenvalue weighted by atomic mass is 79.9. The number of halogens is 1. The zero-order valence-corrected chi connectivity index (χ0v) is 14.5. The van der Waals surface area contributed by atoms with E-state index in [1.807, 2.05) is 6.92 Å². The highest BCUT2D eigenvalue weighted by Crippen LogP contribution is 2.12. The second-order valence-corrected chi connectivity index (χ2v) is 5.48. The lowest BCUT2D eigenvalue weighted by molar-refractivity contribution is -0.140. The number of amides is 1. The van der Waals surface area contributed by atoms with Crippen molar-refractivity contribution >= 4 is 27.8 Å². The Morgan fingerprint density at radius 3 is 2.73 bits per heavy atom. The molecule has 122 valence electrons. The van der Waals surface area contributed by atoms with Gasteiger partial charge in [0.2, 0.25) is 0 Å². The number of hydrogen-bond acceptors (Lipinski definition) is 5. The van der Waals surface area contributed by atoms with E-state index in [2.05, 4.69) is 25.7 Å². The molecule has 1 aromatic heterocycles. The zero-order valence-electron chi connectivity index (χ0n) is 12.9. The lowest BCUT2D eigenvalue weighted by Crippen LogP contribution is -2.34. The Morgan fingerprint density at radius 2 is 2.09 bits per heavy atom. The van der Waals surface area contributed by atoms with E-state index in [0.717, 1.165) is 4.47 Å². The number of esters is 1. The van der Waals surface area contributed by atoms with Crippen molar-refractivity contribution in [2.24, 2.45) is 0 Å². The minimum Gasteiger partial charge on any atom is -0.469 e. The average Bonchev–Trinajstić information content (AvgIpc) is 2.53. The van der Waals surface area contributed by atoms with Gasteiger partial charge in [-0.05, 0) is 35.3 Å². The Labute approximate surface area is 138 Å². The third kappa shape index (κ3) is 6.53. The zero-order chi connectivity index (χ0) is 16.4. The first-order valence-corrected chi connectivity index (χ1v) is 7.92. The molecule has 0 radical (unpaired) electrons. The minimum atomic E-state index is -0.338. The largest absolute Gasteiger partial charge is 0.469 e. The number of carbonyl (C=O) groups excluding carboxylic acids is 2. The molecule has 0 fully saturated rings. The number of pyridine rings is 1. The highest BCUT2D eigenvalue weighted by molar-refractivity contribution is 9.10. The normalized spacial score (nSPS) is 10.3. The van der Waals surface area contributed by atoms with E-state index in [1.165, 1.54) is 13.3 Å². The lowest BCUT2D eigenvalue weighted by atomic mass is 10.2. The number of carbonyl (C=O) groups is 2. The molecule has 0 unspecified atom stereocenters. The van der Waals surface area contributed by atoms with Crippen LogP contribution >= 0.6 is 15.9 Å². The van der Waals surface area contributed by atoms with Crippen LogP contribution in [0.25, 0.3) is 0 Å². The van der Waals surface area contributed by atoms with Gasteiger partial charge in [-0.2, -0.15) is 0 Å². The minimum absolute atomic E-state index is 0.158. The van der Waals surface area contributed by atoms with Gasteiger partial charge in [0.1, 0.15) is 0 Å². The molecule has 0 aliphatic carbocycles. The third-order valence-electron chi connectivity index (χ3n) is 2.97. The quantitative estimate of drug-likeness (QED) is 0.491. The molecule has 1 rings (SSSR count). The van der Waals surface area contributed by atoms with Crippen LogP contribution in [0.5, 0.6) is 0 Å². The van der Waals surface area contributed by atoms with Gasteiger partial charge in [0.05, 0.1) is 19.1 Å². The maximum absolute atomic E-state index is 12.5. The summed E-state index contributed by atoms with van der Waals surface area (Å²) in [7, 11) is 1.34. The summed E-state index contributed by atoms with van der Waals surface area (Å²) in [5.74, 6) is -0.496. The van der Waals surface area contributed by atoms with E-state index in [9.17, 15) is 9.59 Å². The van der Waals surface area contributed by atoms with Gasteiger partial charge in [-0.15, -0.1) is 0 Å². The molecule has 0 atom stereocenters. The summed E-state index contributed by atoms with van der Waals surface area (Å²) < 4.78 is 10.6. The van der Waals surface area contributed by atoms with Crippen LogP contribution in [0.2, 0.25) is 0 Å². The molecule has 0 aliphatic heterocycles. The van der Waals surface area contributed by atoms with Gasteiger partial charge in [0, 0.05) is 43.2 Å². The second-order valence-electron chi connectivity index (χ2n) is 4.56. The summed E-state index contributed by atoms with van der Waals surface area (Å²) in [4.78, 5) is 29.5. The predicted molar refractivity (Wildman–Crippen MR) is 85.6 cm³/mol. The Kier molecular flexibility index (Phi) is 8.69. The van der Waals surface area contributed by atoms with Gasteiger partial charge in [-0.1, -0.05) is 0 Å². The van der Waals surface area contributed by atoms with E-state index in [1.54, 1.807) is 17.2 Å². The monoisotopic (exact) mass is 372 g/mol. The third-order valence-corrected chi connectivity index (χ3v) is 3.41. The first-order chi connectivity index (χ1) is 10.6. The summed E-state index contributed by atoms with van der Waals surface area (Å²) in [5, 5.41) is 0. The lowest BCUT2D eigenvalue weighted by Gasteiger charge is -2.22. The number of nitrogens with zero attached hydrogens (tertiary/aromatic N) is 2. The van der Waals surface area contributed by atoms with Crippen LogP contribution in [-0.2, 0) is 14.3 Å². The number of ether oxygens (including phenoxy) is 2. The fourth-order valence-electron chi connectivity index (χ4n) is 1.86. The number of methoxy groups -OCH3 is 1. The van der Waals surface area contributed by atoms with Crippen LogP contribution < -0.4 is 0 Å². The molecule has 0 saturated heterocycles. The van der Waals surface area contributed by atoms with E-state index in [4.69, 9.17) is 4.74 Å². The maximum Gasteiger partial charge on any atom is 0.307 e. The molecule has 0 aromatic carbocycles. The second kappa shape index (κ2) is 10.3. The van der Waals surface area contributed by atoms with Crippen molar-refractivity contribution in [1.82, 2.24) is 9.88 Å². The van der Waals surface area contributed by atoms with Crippen LogP contribution in [0.1, 0.15) is 30.1 Å². The number of hydrogen-bond donors (Lipinski definition) is 0. The summed E-state index contributed by atoms with van der Waals surface area (Å²) in [6.45, 7) is 3.97. The molecule has 7 heteroatoms. The first kappa shape index (κ1) is 18.6. The smallest absolute Gasteiger partial charge is 0.307 e. The molecule has 1 heterocycles. The molecule has 6 nitrogen and oxygen atoms in total. The summed E-state index contributed by atoms with van der Waals surface area (Å²) in [5.41, 5.74) is 0.482. The van der Waals surface area contributed by atoms with Crippen LogP contribution in [-0.4, -0.2) is 55.2 Å². The van der Waals surface area contributed by atoms with Crippen molar-refractivity contribution < 1.29 is 19.1 Å².